The Labute approximate surface area is 121 Å². The van der Waals surface area contributed by atoms with Crippen LogP contribution in [0.25, 0.3) is 0 Å². The fourth-order valence-electron chi connectivity index (χ4n) is 2.53. The maximum atomic E-state index is 5.60. The molecule has 0 aromatic carbocycles. The molecule has 0 spiro atoms. The molecule has 2 atom stereocenters. The average molecular weight is 281 g/mol. The largest absolute Gasteiger partial charge is 0.378 e. The Morgan fingerprint density at radius 2 is 2.25 bits per heavy atom. The van der Waals surface area contributed by atoms with Gasteiger partial charge in [-0.2, -0.15) is 4.98 Å². The number of ether oxygens (including phenoxy) is 1. The summed E-state index contributed by atoms with van der Waals surface area (Å²) in [5.74, 6) is 2.07. The summed E-state index contributed by atoms with van der Waals surface area (Å²) in [4.78, 5) is 4.51. The summed E-state index contributed by atoms with van der Waals surface area (Å²) in [7, 11) is 0. The summed E-state index contributed by atoms with van der Waals surface area (Å²) < 4.78 is 11.0. The van der Waals surface area contributed by atoms with Gasteiger partial charge in [-0.1, -0.05) is 25.9 Å². The van der Waals surface area contributed by atoms with E-state index in [1.807, 2.05) is 0 Å². The maximum absolute atomic E-state index is 5.60. The van der Waals surface area contributed by atoms with Crippen LogP contribution in [0.5, 0.6) is 0 Å². The molecule has 2 rings (SSSR count). The average Bonchev–Trinajstić information content (AvgIpc) is 3.06. The first-order chi connectivity index (χ1) is 9.69. The highest BCUT2D eigenvalue weighted by Crippen LogP contribution is 2.16. The minimum absolute atomic E-state index is 0.277. The van der Waals surface area contributed by atoms with Crippen molar-refractivity contribution < 1.29 is 9.26 Å². The lowest BCUT2D eigenvalue weighted by atomic mass is 10.0. The summed E-state index contributed by atoms with van der Waals surface area (Å²) in [6.07, 6.45) is 5.24. The fraction of sp³-hybridized carbons (Fsp3) is 0.867. The van der Waals surface area contributed by atoms with Crippen LogP contribution in [0.4, 0.5) is 0 Å². The Balaban J connectivity index is 1.86. The molecular formula is C15H27N3O2. The van der Waals surface area contributed by atoms with E-state index in [1.54, 1.807) is 0 Å². The molecule has 20 heavy (non-hydrogen) atoms. The normalized spacial score (nSPS) is 20.7. The van der Waals surface area contributed by atoms with E-state index < -0.39 is 0 Å². The van der Waals surface area contributed by atoms with Crippen molar-refractivity contribution >= 4 is 0 Å². The first kappa shape index (κ1) is 15.4. The molecule has 2 heterocycles. The summed E-state index contributed by atoms with van der Waals surface area (Å²) in [6.45, 7) is 8.51. The van der Waals surface area contributed by atoms with Gasteiger partial charge in [0.1, 0.15) is 0 Å². The minimum Gasteiger partial charge on any atom is -0.378 e. The van der Waals surface area contributed by atoms with Crippen molar-refractivity contribution in [2.75, 3.05) is 13.2 Å². The summed E-state index contributed by atoms with van der Waals surface area (Å²) in [5, 5.41) is 7.63. The number of hydrogen-bond donors (Lipinski definition) is 1. The molecule has 0 bridgehead atoms. The van der Waals surface area contributed by atoms with Gasteiger partial charge in [-0.25, -0.2) is 0 Å². The molecule has 114 valence electrons. The highest BCUT2D eigenvalue weighted by Gasteiger charge is 2.21. The van der Waals surface area contributed by atoms with Crippen LogP contribution in [0.15, 0.2) is 4.52 Å². The van der Waals surface area contributed by atoms with E-state index in [2.05, 4.69) is 36.2 Å². The highest BCUT2D eigenvalue weighted by molar-refractivity contribution is 4.92. The third-order valence-corrected chi connectivity index (χ3v) is 3.80. The van der Waals surface area contributed by atoms with Crippen molar-refractivity contribution in [3.63, 3.8) is 0 Å². The van der Waals surface area contributed by atoms with Gasteiger partial charge in [-0.05, 0) is 31.7 Å². The topological polar surface area (TPSA) is 60.2 Å². The molecule has 0 radical (unpaired) electrons. The van der Waals surface area contributed by atoms with Gasteiger partial charge in [0.25, 0.3) is 0 Å². The molecule has 0 amide bonds. The number of rotatable bonds is 8. The van der Waals surface area contributed by atoms with Crippen LogP contribution < -0.4 is 5.32 Å². The molecule has 2 unspecified atom stereocenters. The predicted octanol–water partition coefficient (Wildman–Crippen LogP) is 2.36. The molecule has 5 heteroatoms. The number of aromatic nitrogens is 2. The zero-order valence-corrected chi connectivity index (χ0v) is 12.9. The van der Waals surface area contributed by atoms with E-state index in [0.29, 0.717) is 12.0 Å². The van der Waals surface area contributed by atoms with E-state index in [0.717, 1.165) is 57.0 Å². The van der Waals surface area contributed by atoms with Gasteiger partial charge in [-0.15, -0.1) is 0 Å². The monoisotopic (exact) mass is 281 g/mol. The fourth-order valence-corrected chi connectivity index (χ4v) is 2.53. The molecule has 1 fully saturated rings. The number of nitrogens with one attached hydrogen (secondary N) is 1. The molecule has 1 aliphatic rings. The van der Waals surface area contributed by atoms with Crippen LogP contribution in [0.1, 0.15) is 51.7 Å². The summed E-state index contributed by atoms with van der Waals surface area (Å²) in [5.41, 5.74) is 0. The Kier molecular flexibility index (Phi) is 5.98. The molecule has 1 aliphatic heterocycles. The van der Waals surface area contributed by atoms with Crippen molar-refractivity contribution in [3.8, 4) is 0 Å². The molecule has 0 saturated carbocycles. The van der Waals surface area contributed by atoms with Crippen molar-refractivity contribution in [1.29, 1.82) is 0 Å². The van der Waals surface area contributed by atoms with Crippen LogP contribution in [0.3, 0.4) is 0 Å². The Hall–Kier alpha value is -0.940. The standard InChI is InChI=1S/C15H27N3O2/c1-4-7-16-13(11(2)3)10-15-17-14(18-20-15)9-12-6-5-8-19-12/h11-13,16H,4-10H2,1-3H3. The van der Waals surface area contributed by atoms with Crippen LogP contribution in [-0.4, -0.2) is 35.4 Å². The second kappa shape index (κ2) is 7.74. The summed E-state index contributed by atoms with van der Waals surface area (Å²) in [6, 6.07) is 0.394. The van der Waals surface area contributed by atoms with Gasteiger partial charge >= 0.3 is 0 Å². The van der Waals surface area contributed by atoms with Gasteiger partial charge in [0.05, 0.1) is 6.10 Å². The van der Waals surface area contributed by atoms with Gasteiger partial charge in [0.15, 0.2) is 5.82 Å². The summed E-state index contributed by atoms with van der Waals surface area (Å²) >= 11 is 0. The van der Waals surface area contributed by atoms with Crippen molar-refractivity contribution in [2.45, 2.75) is 65.0 Å². The van der Waals surface area contributed by atoms with Crippen LogP contribution in [0, 0.1) is 5.92 Å². The predicted molar refractivity (Wildman–Crippen MR) is 77.6 cm³/mol. The van der Waals surface area contributed by atoms with E-state index in [9.17, 15) is 0 Å². The molecule has 1 aromatic heterocycles. The van der Waals surface area contributed by atoms with Crippen molar-refractivity contribution in [1.82, 2.24) is 15.5 Å². The third-order valence-electron chi connectivity index (χ3n) is 3.80. The lowest BCUT2D eigenvalue weighted by Gasteiger charge is -2.20. The quantitative estimate of drug-likeness (QED) is 0.792. The first-order valence-electron chi connectivity index (χ1n) is 7.85. The van der Waals surface area contributed by atoms with Crippen LogP contribution in [0.2, 0.25) is 0 Å². The molecule has 5 nitrogen and oxygen atoms in total. The Morgan fingerprint density at radius 3 is 2.90 bits per heavy atom. The van der Waals surface area contributed by atoms with Gasteiger partial charge in [-0.3, -0.25) is 0 Å². The van der Waals surface area contributed by atoms with Crippen molar-refractivity contribution in [3.05, 3.63) is 11.7 Å². The molecule has 1 saturated heterocycles. The van der Waals surface area contributed by atoms with Gasteiger partial charge in [0.2, 0.25) is 5.89 Å². The second-order valence-electron chi connectivity index (χ2n) is 5.95. The van der Waals surface area contributed by atoms with E-state index in [4.69, 9.17) is 9.26 Å². The van der Waals surface area contributed by atoms with Crippen LogP contribution in [-0.2, 0) is 17.6 Å². The zero-order valence-electron chi connectivity index (χ0n) is 12.9. The smallest absolute Gasteiger partial charge is 0.228 e. The molecule has 1 aromatic rings. The second-order valence-corrected chi connectivity index (χ2v) is 5.95. The maximum Gasteiger partial charge on any atom is 0.228 e. The highest BCUT2D eigenvalue weighted by atomic mass is 16.5. The van der Waals surface area contributed by atoms with Gasteiger partial charge in [0, 0.05) is 25.5 Å². The molecule has 0 aliphatic carbocycles. The van der Waals surface area contributed by atoms with E-state index in [1.165, 1.54) is 0 Å². The third kappa shape index (κ3) is 4.56. The lowest BCUT2D eigenvalue weighted by molar-refractivity contribution is 0.109. The SMILES string of the molecule is CCCNC(Cc1nc(CC2CCCO2)no1)C(C)C. The number of nitrogens with zero attached hydrogens (tertiary/aromatic N) is 2. The minimum atomic E-state index is 0.277. The Morgan fingerprint density at radius 1 is 1.40 bits per heavy atom. The zero-order chi connectivity index (χ0) is 14.4. The van der Waals surface area contributed by atoms with Gasteiger partial charge < -0.3 is 14.6 Å². The van der Waals surface area contributed by atoms with Crippen molar-refractivity contribution in [2.24, 2.45) is 5.92 Å². The molecular weight excluding hydrogens is 254 g/mol. The van der Waals surface area contributed by atoms with Crippen LogP contribution >= 0.6 is 0 Å². The number of hydrogen-bond acceptors (Lipinski definition) is 5. The Bertz CT molecular complexity index is 386. The molecule has 1 N–H and O–H groups in total. The van der Waals surface area contributed by atoms with E-state index >= 15 is 0 Å². The lowest BCUT2D eigenvalue weighted by Crippen LogP contribution is -2.36. The first-order valence-corrected chi connectivity index (χ1v) is 7.85. The van der Waals surface area contributed by atoms with E-state index in [-0.39, 0.29) is 6.10 Å².